The molecule has 3 aromatic rings. The standard InChI is InChI=1S/C13H10N2OS/c14-12-5-4-9(7-15-12)11-6-8-2-1-3-10(16)13(8)17-11/h1-7,16H,(H2,14,15). The monoisotopic (exact) mass is 242 g/mol. The summed E-state index contributed by atoms with van der Waals surface area (Å²) in [6.07, 6.45) is 1.75. The van der Waals surface area contributed by atoms with Gasteiger partial charge in [-0.05, 0) is 29.7 Å². The summed E-state index contributed by atoms with van der Waals surface area (Å²) < 4.78 is 0.902. The van der Waals surface area contributed by atoms with Crippen LogP contribution >= 0.6 is 11.3 Å². The number of aromatic nitrogens is 1. The molecule has 0 amide bonds. The lowest BCUT2D eigenvalue weighted by atomic mass is 10.2. The van der Waals surface area contributed by atoms with Crippen molar-refractivity contribution < 1.29 is 5.11 Å². The molecule has 84 valence electrons. The highest BCUT2D eigenvalue weighted by Crippen LogP contribution is 2.37. The molecule has 0 saturated heterocycles. The third-order valence-electron chi connectivity index (χ3n) is 2.59. The lowest BCUT2D eigenvalue weighted by Crippen LogP contribution is -1.87. The third kappa shape index (κ3) is 1.72. The van der Waals surface area contributed by atoms with Crippen molar-refractivity contribution in [3.8, 4) is 16.2 Å². The normalized spacial score (nSPS) is 10.8. The first-order valence-electron chi connectivity index (χ1n) is 5.17. The molecule has 0 radical (unpaired) electrons. The van der Waals surface area contributed by atoms with E-state index >= 15 is 0 Å². The molecule has 0 spiro atoms. The maximum Gasteiger partial charge on any atom is 0.133 e. The quantitative estimate of drug-likeness (QED) is 0.688. The SMILES string of the molecule is Nc1ccc(-c2cc3cccc(O)c3s2)cn1. The summed E-state index contributed by atoms with van der Waals surface area (Å²) in [6.45, 7) is 0. The Bertz CT molecular complexity index is 673. The highest BCUT2D eigenvalue weighted by atomic mass is 32.1. The van der Waals surface area contributed by atoms with E-state index in [4.69, 9.17) is 5.73 Å². The van der Waals surface area contributed by atoms with Gasteiger partial charge in [0, 0.05) is 16.6 Å². The van der Waals surface area contributed by atoms with E-state index in [1.165, 1.54) is 0 Å². The van der Waals surface area contributed by atoms with Crippen molar-refractivity contribution in [3.05, 3.63) is 42.6 Å². The van der Waals surface area contributed by atoms with Crippen molar-refractivity contribution in [1.82, 2.24) is 4.98 Å². The molecule has 0 aliphatic rings. The smallest absolute Gasteiger partial charge is 0.133 e. The fourth-order valence-electron chi connectivity index (χ4n) is 1.74. The van der Waals surface area contributed by atoms with Crippen LogP contribution in [0.15, 0.2) is 42.6 Å². The molecule has 4 heteroatoms. The molecule has 0 aliphatic carbocycles. The van der Waals surface area contributed by atoms with E-state index in [-0.39, 0.29) is 0 Å². The Morgan fingerprint density at radius 1 is 1.18 bits per heavy atom. The van der Waals surface area contributed by atoms with Crippen LogP contribution in [-0.2, 0) is 0 Å². The van der Waals surface area contributed by atoms with Gasteiger partial charge in [0.25, 0.3) is 0 Å². The Balaban J connectivity index is 2.18. The first kappa shape index (κ1) is 10.1. The number of rotatable bonds is 1. The molecule has 17 heavy (non-hydrogen) atoms. The van der Waals surface area contributed by atoms with E-state index in [2.05, 4.69) is 4.98 Å². The average molecular weight is 242 g/mol. The molecule has 0 unspecified atom stereocenters. The molecule has 3 rings (SSSR count). The van der Waals surface area contributed by atoms with Gasteiger partial charge in [-0.15, -0.1) is 11.3 Å². The first-order chi connectivity index (χ1) is 8.24. The van der Waals surface area contributed by atoms with E-state index in [9.17, 15) is 5.11 Å². The van der Waals surface area contributed by atoms with Crippen LogP contribution in [0.1, 0.15) is 0 Å². The number of aromatic hydroxyl groups is 1. The number of anilines is 1. The van der Waals surface area contributed by atoms with Gasteiger partial charge >= 0.3 is 0 Å². The Hall–Kier alpha value is -2.07. The van der Waals surface area contributed by atoms with E-state index in [0.29, 0.717) is 11.6 Å². The van der Waals surface area contributed by atoms with E-state index in [1.807, 2.05) is 24.3 Å². The molecule has 3 nitrogen and oxygen atoms in total. The number of nitrogen functional groups attached to an aromatic ring is 1. The number of nitrogens with two attached hydrogens (primary N) is 1. The Morgan fingerprint density at radius 2 is 2.06 bits per heavy atom. The van der Waals surface area contributed by atoms with E-state index in [0.717, 1.165) is 20.5 Å². The zero-order chi connectivity index (χ0) is 11.8. The molecular weight excluding hydrogens is 232 g/mol. The fraction of sp³-hybridized carbons (Fsp3) is 0. The summed E-state index contributed by atoms with van der Waals surface area (Å²) in [7, 11) is 0. The largest absolute Gasteiger partial charge is 0.506 e. The van der Waals surface area contributed by atoms with Crippen LogP contribution in [0.25, 0.3) is 20.5 Å². The fourth-order valence-corrected chi connectivity index (χ4v) is 2.80. The number of pyridine rings is 1. The van der Waals surface area contributed by atoms with Crippen molar-refractivity contribution in [2.45, 2.75) is 0 Å². The van der Waals surface area contributed by atoms with Crippen LogP contribution in [0.3, 0.4) is 0 Å². The lowest BCUT2D eigenvalue weighted by Gasteiger charge is -1.96. The van der Waals surface area contributed by atoms with Gasteiger partial charge in [0.2, 0.25) is 0 Å². The van der Waals surface area contributed by atoms with Crippen LogP contribution in [0.4, 0.5) is 5.82 Å². The van der Waals surface area contributed by atoms with Crippen LogP contribution < -0.4 is 5.73 Å². The van der Waals surface area contributed by atoms with Crippen molar-refractivity contribution in [1.29, 1.82) is 0 Å². The van der Waals surface area contributed by atoms with Gasteiger partial charge in [0.1, 0.15) is 11.6 Å². The zero-order valence-electron chi connectivity index (χ0n) is 8.92. The molecule has 3 N–H and O–H groups in total. The molecule has 2 heterocycles. The number of fused-ring (bicyclic) bond motifs is 1. The highest BCUT2D eigenvalue weighted by molar-refractivity contribution is 7.22. The number of nitrogens with zero attached hydrogens (tertiary/aromatic N) is 1. The van der Waals surface area contributed by atoms with E-state index in [1.54, 1.807) is 29.7 Å². The Kier molecular flexibility index (Phi) is 2.23. The minimum absolute atomic E-state index is 0.321. The van der Waals surface area contributed by atoms with Crippen LogP contribution in [-0.4, -0.2) is 10.1 Å². The second kappa shape index (κ2) is 3.75. The summed E-state index contributed by atoms with van der Waals surface area (Å²) in [4.78, 5) is 5.15. The number of hydrogen-bond acceptors (Lipinski definition) is 4. The number of phenols is 1. The summed E-state index contributed by atoms with van der Waals surface area (Å²) in [6, 6.07) is 11.3. The molecule has 2 aromatic heterocycles. The van der Waals surface area contributed by atoms with Crippen LogP contribution in [0.2, 0.25) is 0 Å². The zero-order valence-corrected chi connectivity index (χ0v) is 9.74. The van der Waals surface area contributed by atoms with Crippen molar-refractivity contribution in [2.24, 2.45) is 0 Å². The van der Waals surface area contributed by atoms with Gasteiger partial charge in [-0.1, -0.05) is 12.1 Å². The number of phenolic OH excluding ortho intramolecular Hbond substituents is 1. The third-order valence-corrected chi connectivity index (χ3v) is 3.82. The predicted molar refractivity (Wildman–Crippen MR) is 71.1 cm³/mol. The average Bonchev–Trinajstić information content (AvgIpc) is 2.75. The van der Waals surface area contributed by atoms with Crippen molar-refractivity contribution in [2.75, 3.05) is 5.73 Å². The van der Waals surface area contributed by atoms with Gasteiger partial charge in [0.15, 0.2) is 0 Å². The van der Waals surface area contributed by atoms with Crippen molar-refractivity contribution in [3.63, 3.8) is 0 Å². The minimum Gasteiger partial charge on any atom is -0.506 e. The summed E-state index contributed by atoms with van der Waals surface area (Å²) in [5.41, 5.74) is 6.57. The highest BCUT2D eigenvalue weighted by Gasteiger charge is 2.07. The summed E-state index contributed by atoms with van der Waals surface area (Å²) in [5.74, 6) is 0.833. The second-order valence-electron chi connectivity index (χ2n) is 3.78. The van der Waals surface area contributed by atoms with Crippen molar-refractivity contribution >= 4 is 27.2 Å². The molecule has 0 fully saturated rings. The summed E-state index contributed by atoms with van der Waals surface area (Å²) in [5, 5.41) is 10.8. The molecule has 0 saturated carbocycles. The number of thiophene rings is 1. The minimum atomic E-state index is 0.321. The first-order valence-corrected chi connectivity index (χ1v) is 5.99. The number of hydrogen-bond donors (Lipinski definition) is 2. The van der Waals surface area contributed by atoms with Gasteiger partial charge in [-0.2, -0.15) is 0 Å². The predicted octanol–water partition coefficient (Wildman–Crippen LogP) is 3.25. The van der Waals surface area contributed by atoms with Crippen LogP contribution in [0.5, 0.6) is 5.75 Å². The van der Waals surface area contributed by atoms with Gasteiger partial charge in [-0.3, -0.25) is 0 Å². The Labute approximate surface area is 102 Å². The molecule has 1 aromatic carbocycles. The maximum absolute atomic E-state index is 9.75. The Morgan fingerprint density at radius 3 is 2.76 bits per heavy atom. The maximum atomic E-state index is 9.75. The second-order valence-corrected chi connectivity index (χ2v) is 4.83. The van der Waals surface area contributed by atoms with E-state index < -0.39 is 0 Å². The number of benzene rings is 1. The topological polar surface area (TPSA) is 59.1 Å². The molecular formula is C13H10N2OS. The molecule has 0 atom stereocenters. The van der Waals surface area contributed by atoms with Crippen LogP contribution in [0, 0.1) is 0 Å². The molecule has 0 bridgehead atoms. The van der Waals surface area contributed by atoms with Gasteiger partial charge < -0.3 is 10.8 Å². The van der Waals surface area contributed by atoms with Gasteiger partial charge in [-0.25, -0.2) is 4.98 Å². The van der Waals surface area contributed by atoms with Gasteiger partial charge in [0.05, 0.1) is 4.70 Å². The lowest BCUT2D eigenvalue weighted by molar-refractivity contribution is 0.482. The summed E-state index contributed by atoms with van der Waals surface area (Å²) >= 11 is 1.55. The molecule has 0 aliphatic heterocycles.